The van der Waals surface area contributed by atoms with Crippen LogP contribution >= 0.6 is 11.8 Å². The van der Waals surface area contributed by atoms with E-state index in [1.165, 1.54) is 54.0 Å². The zero-order valence-corrected chi connectivity index (χ0v) is 25.7. The Balaban J connectivity index is 1.43. The summed E-state index contributed by atoms with van der Waals surface area (Å²) in [5.74, 6) is 2.51. The molecule has 0 aliphatic rings. The predicted molar refractivity (Wildman–Crippen MR) is 166 cm³/mol. The van der Waals surface area contributed by atoms with E-state index in [9.17, 15) is 9.18 Å². The van der Waals surface area contributed by atoms with E-state index in [0.29, 0.717) is 46.2 Å². The van der Waals surface area contributed by atoms with Gasteiger partial charge in [0, 0.05) is 29.1 Å². The van der Waals surface area contributed by atoms with Crippen LogP contribution in [0.4, 0.5) is 4.39 Å². The zero-order valence-electron chi connectivity index (χ0n) is 24.9. The van der Waals surface area contributed by atoms with E-state index >= 15 is 0 Å². The summed E-state index contributed by atoms with van der Waals surface area (Å²) in [4.78, 5) is 22.4. The quantitative estimate of drug-likeness (QED) is 0.0811. The van der Waals surface area contributed by atoms with Crippen LogP contribution in [0.15, 0.2) is 63.0 Å². The van der Waals surface area contributed by atoms with Crippen molar-refractivity contribution in [1.82, 2.24) is 9.97 Å². The normalized spacial score (nSPS) is 11.0. The Bertz CT molecular complexity index is 1840. The first-order chi connectivity index (χ1) is 21.4. The van der Waals surface area contributed by atoms with Gasteiger partial charge >= 0.3 is 0 Å². The summed E-state index contributed by atoms with van der Waals surface area (Å²) in [5.41, 5.74) is 0.901. The Morgan fingerprint density at radius 1 is 0.818 bits per heavy atom. The van der Waals surface area contributed by atoms with E-state index in [2.05, 4.69) is 9.97 Å². The number of hydrogen-bond donors (Lipinski definition) is 0. The number of unbranched alkanes of at least 4 members (excludes halogenated alkanes) is 1. The van der Waals surface area contributed by atoms with Gasteiger partial charge in [-0.1, -0.05) is 0 Å². The lowest BCUT2D eigenvalue weighted by Crippen LogP contribution is -2.12. The summed E-state index contributed by atoms with van der Waals surface area (Å²) >= 11 is 1.55. The Morgan fingerprint density at radius 3 is 2.25 bits per heavy atom. The number of benzene rings is 3. The van der Waals surface area contributed by atoms with Gasteiger partial charge in [0.25, 0.3) is 0 Å². The van der Waals surface area contributed by atoms with Gasteiger partial charge < -0.3 is 32.8 Å². The average molecular weight is 623 g/mol. The van der Waals surface area contributed by atoms with Crippen molar-refractivity contribution in [2.45, 2.75) is 17.9 Å². The second kappa shape index (κ2) is 13.7. The third-order valence-electron chi connectivity index (χ3n) is 6.86. The molecule has 44 heavy (non-hydrogen) atoms. The summed E-state index contributed by atoms with van der Waals surface area (Å²) < 4.78 is 53.5. The minimum absolute atomic E-state index is 0.0201. The van der Waals surface area contributed by atoms with Crippen LogP contribution in [0.5, 0.6) is 34.5 Å². The molecule has 0 aliphatic carbocycles. The van der Waals surface area contributed by atoms with E-state index in [0.717, 1.165) is 22.6 Å². The lowest BCUT2D eigenvalue weighted by atomic mass is 10.1. The molecule has 0 saturated heterocycles. The third-order valence-corrected chi connectivity index (χ3v) is 7.95. The van der Waals surface area contributed by atoms with Gasteiger partial charge in [-0.05, 0) is 42.9 Å². The van der Waals surface area contributed by atoms with Crippen molar-refractivity contribution in [2.24, 2.45) is 0 Å². The minimum atomic E-state index is -0.399. The number of aromatic nitrogens is 2. The molecule has 5 aromatic rings. The fourth-order valence-corrected chi connectivity index (χ4v) is 5.71. The second-order valence-corrected chi connectivity index (χ2v) is 10.5. The van der Waals surface area contributed by atoms with Gasteiger partial charge in [-0.2, -0.15) is 0 Å². The molecule has 230 valence electrons. The van der Waals surface area contributed by atoms with Crippen molar-refractivity contribution in [2.75, 3.05) is 47.9 Å². The number of fused-ring (bicyclic) bond motifs is 2. The average Bonchev–Trinajstić information content (AvgIpc) is 3.05. The van der Waals surface area contributed by atoms with Crippen molar-refractivity contribution >= 4 is 33.6 Å². The van der Waals surface area contributed by atoms with Crippen LogP contribution in [0, 0.1) is 5.82 Å². The first-order valence-corrected chi connectivity index (χ1v) is 14.6. The molecule has 5 rings (SSSR count). The Labute approximate surface area is 257 Å². The number of rotatable bonds is 13. The number of hydrogen-bond acceptors (Lipinski definition) is 11. The molecule has 0 radical (unpaired) electrons. The largest absolute Gasteiger partial charge is 0.496 e. The highest BCUT2D eigenvalue weighted by atomic mass is 32.2. The maximum absolute atomic E-state index is 13.9. The van der Waals surface area contributed by atoms with Crippen LogP contribution in [0.3, 0.4) is 0 Å². The van der Waals surface area contributed by atoms with Gasteiger partial charge in [-0.3, -0.25) is 4.79 Å². The number of thioether (sulfide) groups is 1. The molecule has 12 heteroatoms. The van der Waals surface area contributed by atoms with Gasteiger partial charge in [-0.25, -0.2) is 14.4 Å². The Morgan fingerprint density at radius 2 is 1.57 bits per heavy atom. The highest BCUT2D eigenvalue weighted by Gasteiger charge is 2.24. The molecular weight excluding hydrogens is 591 g/mol. The van der Waals surface area contributed by atoms with Crippen molar-refractivity contribution < 1.29 is 37.2 Å². The van der Waals surface area contributed by atoms with Gasteiger partial charge in [0.15, 0.2) is 17.3 Å². The number of nitrogens with zero attached hydrogens (tertiary/aromatic N) is 2. The molecule has 0 unspecified atom stereocenters. The Kier molecular flexibility index (Phi) is 9.59. The van der Waals surface area contributed by atoms with E-state index < -0.39 is 5.43 Å². The molecule has 0 atom stereocenters. The molecule has 0 fully saturated rings. The fraction of sp³-hybridized carbons (Fsp3) is 0.281. The van der Waals surface area contributed by atoms with Crippen LogP contribution in [0.1, 0.15) is 12.8 Å². The first kappa shape index (κ1) is 30.7. The van der Waals surface area contributed by atoms with Crippen molar-refractivity contribution in [3.05, 3.63) is 64.8 Å². The molecule has 0 bridgehead atoms. The predicted octanol–water partition coefficient (Wildman–Crippen LogP) is 6.54. The van der Waals surface area contributed by atoms with Crippen molar-refractivity contribution in [3.63, 3.8) is 0 Å². The van der Waals surface area contributed by atoms with Crippen LogP contribution < -0.4 is 33.8 Å². The van der Waals surface area contributed by atoms with E-state index in [4.69, 9.17) is 32.8 Å². The molecule has 2 heterocycles. The van der Waals surface area contributed by atoms with Gasteiger partial charge in [0.2, 0.25) is 16.9 Å². The lowest BCUT2D eigenvalue weighted by molar-refractivity contribution is 0.301. The maximum Gasteiger partial charge on any atom is 0.239 e. The first-order valence-electron chi connectivity index (χ1n) is 13.6. The maximum atomic E-state index is 13.9. The molecular formula is C32H31FN2O8S. The van der Waals surface area contributed by atoms with Gasteiger partial charge in [-0.15, -0.1) is 11.8 Å². The summed E-state index contributed by atoms with van der Waals surface area (Å²) in [6.45, 7) is 0.239. The molecule has 0 amide bonds. The second-order valence-electron chi connectivity index (χ2n) is 9.45. The number of halogens is 1. The topological polar surface area (TPSA) is 111 Å². The third kappa shape index (κ3) is 6.16. The zero-order chi connectivity index (χ0) is 31.2. The highest BCUT2D eigenvalue weighted by Crippen LogP contribution is 2.44. The van der Waals surface area contributed by atoms with E-state index in [1.54, 1.807) is 42.1 Å². The number of ether oxygens (including phenoxy) is 6. The smallest absolute Gasteiger partial charge is 0.239 e. The van der Waals surface area contributed by atoms with Gasteiger partial charge in [0.1, 0.15) is 39.6 Å². The molecule has 0 aliphatic heterocycles. The van der Waals surface area contributed by atoms with Crippen LogP contribution in [-0.2, 0) is 0 Å². The SMILES string of the molecule is COc1cc(OC)c2c(=O)c(OCCCCSc3ncnc4cc(F)ccc34)c(-c3cc(OC)c(OC)c(OC)c3)oc2c1. The Hall–Kier alpha value is -4.71. The van der Waals surface area contributed by atoms with Crippen LogP contribution in [0.25, 0.3) is 33.2 Å². The molecule has 10 nitrogen and oxygen atoms in total. The molecule has 3 aromatic carbocycles. The van der Waals surface area contributed by atoms with E-state index in [1.807, 2.05) is 0 Å². The fourth-order valence-electron chi connectivity index (χ4n) is 4.72. The van der Waals surface area contributed by atoms with E-state index in [-0.39, 0.29) is 34.9 Å². The molecule has 0 spiro atoms. The summed E-state index contributed by atoms with van der Waals surface area (Å²) in [5, 5.41) is 1.80. The van der Waals surface area contributed by atoms with Crippen LogP contribution in [0.2, 0.25) is 0 Å². The summed E-state index contributed by atoms with van der Waals surface area (Å²) in [7, 11) is 7.50. The summed E-state index contributed by atoms with van der Waals surface area (Å²) in [6.07, 6.45) is 2.83. The summed E-state index contributed by atoms with van der Waals surface area (Å²) in [6, 6.07) is 11.1. The molecule has 0 N–H and O–H groups in total. The molecule has 0 saturated carbocycles. The standard InChI is InChI=1S/C32H31FN2O8S/c1-37-20-15-23(38-2)27-24(16-20)43-29(18-12-25(39-3)30(41-5)26(13-18)40-4)31(28(27)36)42-10-6-7-11-44-32-21-9-8-19(33)14-22(21)34-17-35-32/h8-9,12-17H,6-7,10-11H2,1-5H3. The monoisotopic (exact) mass is 622 g/mol. The van der Waals surface area contributed by atoms with Gasteiger partial charge in [0.05, 0.1) is 47.7 Å². The van der Waals surface area contributed by atoms with Crippen LogP contribution in [-0.4, -0.2) is 57.9 Å². The highest BCUT2D eigenvalue weighted by molar-refractivity contribution is 7.99. The molecule has 2 aromatic heterocycles. The minimum Gasteiger partial charge on any atom is -0.496 e. The lowest BCUT2D eigenvalue weighted by Gasteiger charge is -2.17. The van der Waals surface area contributed by atoms with Crippen molar-refractivity contribution in [1.29, 1.82) is 0 Å². The number of methoxy groups -OCH3 is 5. The van der Waals surface area contributed by atoms with Crippen molar-refractivity contribution in [3.8, 4) is 45.8 Å².